The molecule has 0 aliphatic heterocycles. The molecule has 0 radical (unpaired) electrons. The number of nitrogens with zero attached hydrogens (tertiary/aromatic N) is 3. The van der Waals surface area contributed by atoms with Gasteiger partial charge in [0.15, 0.2) is 0 Å². The Bertz CT molecular complexity index is 1170. The molecule has 0 bridgehead atoms. The lowest BCUT2D eigenvalue weighted by molar-refractivity contribution is 0.507. The summed E-state index contributed by atoms with van der Waals surface area (Å²) in [5.41, 5.74) is 0.917. The summed E-state index contributed by atoms with van der Waals surface area (Å²) < 4.78 is 8.59. The molecule has 132 valence electrons. The van der Waals surface area contributed by atoms with Gasteiger partial charge in [0.05, 0.1) is 10.9 Å². The first-order valence-electron chi connectivity index (χ1n) is 8.66. The van der Waals surface area contributed by atoms with E-state index in [-0.39, 0.29) is 11.2 Å². The van der Waals surface area contributed by atoms with Crippen molar-refractivity contribution < 1.29 is 4.42 Å². The number of benzene rings is 1. The van der Waals surface area contributed by atoms with Gasteiger partial charge in [0.1, 0.15) is 11.3 Å². The summed E-state index contributed by atoms with van der Waals surface area (Å²) in [4.78, 5) is 29.0. The number of hydrogen-bond acceptors (Lipinski definition) is 4. The molecular formula is C20H19N3O3. The molecule has 0 saturated carbocycles. The van der Waals surface area contributed by atoms with Crippen molar-refractivity contribution in [3.63, 3.8) is 0 Å². The summed E-state index contributed by atoms with van der Waals surface area (Å²) in [6.07, 6.45) is 5.43. The average molecular weight is 349 g/mol. The second-order valence-electron chi connectivity index (χ2n) is 6.40. The predicted octanol–water partition coefficient (Wildman–Crippen LogP) is 2.86. The number of para-hydroxylation sites is 1. The molecule has 0 spiro atoms. The van der Waals surface area contributed by atoms with Crippen LogP contribution in [0.5, 0.6) is 0 Å². The third kappa shape index (κ3) is 2.83. The van der Waals surface area contributed by atoms with Crippen molar-refractivity contribution in [1.29, 1.82) is 0 Å². The Balaban J connectivity index is 1.49. The first kappa shape index (κ1) is 16.3. The number of furan rings is 1. The van der Waals surface area contributed by atoms with E-state index in [4.69, 9.17) is 4.42 Å². The van der Waals surface area contributed by atoms with E-state index < -0.39 is 0 Å². The van der Waals surface area contributed by atoms with E-state index in [0.29, 0.717) is 17.4 Å². The molecule has 3 heterocycles. The van der Waals surface area contributed by atoms with Crippen LogP contribution in [0.15, 0.2) is 62.8 Å². The average Bonchev–Trinajstić information content (AvgIpc) is 3.08. The first-order valence-corrected chi connectivity index (χ1v) is 8.66. The van der Waals surface area contributed by atoms with Crippen LogP contribution < -0.4 is 11.2 Å². The van der Waals surface area contributed by atoms with Gasteiger partial charge in [0.25, 0.3) is 5.56 Å². The van der Waals surface area contributed by atoms with Crippen LogP contribution in [0.4, 0.5) is 0 Å². The van der Waals surface area contributed by atoms with E-state index in [2.05, 4.69) is 4.98 Å². The number of aryl methyl sites for hydroxylation is 2. The number of unbranched alkanes of at least 4 members (excludes halogenated alkanes) is 1. The van der Waals surface area contributed by atoms with Crippen LogP contribution in [0.25, 0.3) is 21.9 Å². The lowest BCUT2D eigenvalue weighted by Gasteiger charge is -2.10. The van der Waals surface area contributed by atoms with Gasteiger partial charge in [-0.15, -0.1) is 0 Å². The normalized spacial score (nSPS) is 11.4. The zero-order valence-corrected chi connectivity index (χ0v) is 14.5. The topological polar surface area (TPSA) is 70.0 Å². The number of aromatic nitrogens is 3. The van der Waals surface area contributed by atoms with Gasteiger partial charge in [0.2, 0.25) is 0 Å². The fourth-order valence-electron chi connectivity index (χ4n) is 3.29. The lowest BCUT2D eigenvalue weighted by Crippen LogP contribution is -2.39. The Hall–Kier alpha value is -3.15. The number of fused-ring (bicyclic) bond motifs is 2. The summed E-state index contributed by atoms with van der Waals surface area (Å²) in [5.74, 6) is 0.925. The minimum Gasteiger partial charge on any atom is -0.461 e. The highest BCUT2D eigenvalue weighted by Crippen LogP contribution is 2.20. The second-order valence-corrected chi connectivity index (χ2v) is 6.40. The fraction of sp³-hybridized carbons (Fsp3) is 0.250. The van der Waals surface area contributed by atoms with Crippen LogP contribution in [0.1, 0.15) is 18.6 Å². The van der Waals surface area contributed by atoms with E-state index in [1.165, 1.54) is 15.3 Å². The van der Waals surface area contributed by atoms with Crippen molar-refractivity contribution >= 4 is 21.9 Å². The summed E-state index contributed by atoms with van der Waals surface area (Å²) in [7, 11) is 1.68. The molecule has 0 N–H and O–H groups in total. The van der Waals surface area contributed by atoms with Gasteiger partial charge in [-0.05, 0) is 31.0 Å². The molecule has 6 heteroatoms. The van der Waals surface area contributed by atoms with Crippen LogP contribution in [0.3, 0.4) is 0 Å². The number of rotatable bonds is 5. The van der Waals surface area contributed by atoms with Gasteiger partial charge in [-0.2, -0.15) is 0 Å². The smallest absolute Gasteiger partial charge is 0.331 e. The van der Waals surface area contributed by atoms with Crippen molar-refractivity contribution in [3.8, 4) is 0 Å². The van der Waals surface area contributed by atoms with Gasteiger partial charge >= 0.3 is 5.69 Å². The summed E-state index contributed by atoms with van der Waals surface area (Å²) in [6.45, 7) is 0.385. The van der Waals surface area contributed by atoms with Crippen molar-refractivity contribution in [2.75, 3.05) is 0 Å². The van der Waals surface area contributed by atoms with Crippen molar-refractivity contribution in [3.05, 3.63) is 75.4 Å². The quantitative estimate of drug-likeness (QED) is 0.520. The molecule has 0 aliphatic carbocycles. The third-order valence-electron chi connectivity index (χ3n) is 4.68. The monoisotopic (exact) mass is 349 g/mol. The number of hydrogen-bond donors (Lipinski definition) is 0. The van der Waals surface area contributed by atoms with Crippen molar-refractivity contribution in [2.45, 2.75) is 25.8 Å². The Labute approximate surface area is 149 Å². The van der Waals surface area contributed by atoms with Gasteiger partial charge in [-0.1, -0.05) is 18.2 Å². The van der Waals surface area contributed by atoms with Crippen molar-refractivity contribution in [1.82, 2.24) is 14.1 Å². The Morgan fingerprint density at radius 2 is 1.96 bits per heavy atom. The zero-order chi connectivity index (χ0) is 18.1. The predicted molar refractivity (Wildman–Crippen MR) is 100 cm³/mol. The van der Waals surface area contributed by atoms with Crippen LogP contribution in [0, 0.1) is 0 Å². The first-order chi connectivity index (χ1) is 12.6. The van der Waals surface area contributed by atoms with Crippen molar-refractivity contribution in [2.24, 2.45) is 7.05 Å². The Morgan fingerprint density at radius 3 is 2.81 bits per heavy atom. The van der Waals surface area contributed by atoms with E-state index in [1.54, 1.807) is 19.3 Å². The number of pyridine rings is 1. The summed E-state index contributed by atoms with van der Waals surface area (Å²) in [5, 5.41) is 1.56. The van der Waals surface area contributed by atoms with E-state index >= 15 is 0 Å². The largest absolute Gasteiger partial charge is 0.461 e. The molecule has 4 aromatic rings. The van der Waals surface area contributed by atoms with Gasteiger partial charge in [0, 0.05) is 37.8 Å². The maximum atomic E-state index is 12.6. The molecule has 0 fully saturated rings. The molecule has 26 heavy (non-hydrogen) atoms. The van der Waals surface area contributed by atoms with Crippen LogP contribution in [-0.4, -0.2) is 14.1 Å². The van der Waals surface area contributed by atoms with Gasteiger partial charge in [-0.3, -0.25) is 18.9 Å². The molecule has 0 atom stereocenters. The third-order valence-corrected chi connectivity index (χ3v) is 4.68. The highest BCUT2D eigenvalue weighted by atomic mass is 16.3. The van der Waals surface area contributed by atoms with E-state index in [0.717, 1.165) is 36.0 Å². The highest BCUT2D eigenvalue weighted by Gasteiger charge is 2.10. The maximum absolute atomic E-state index is 12.6. The summed E-state index contributed by atoms with van der Waals surface area (Å²) >= 11 is 0. The molecule has 0 saturated heterocycles. The van der Waals surface area contributed by atoms with Gasteiger partial charge in [-0.25, -0.2) is 4.79 Å². The lowest BCUT2D eigenvalue weighted by atomic mass is 10.2. The SMILES string of the molecule is Cn1c(=O)n(CCCCc2cc3ccccc3o2)c(=O)c2cnccc21. The molecule has 1 aromatic carbocycles. The van der Waals surface area contributed by atoms with Crippen LogP contribution in [-0.2, 0) is 20.0 Å². The maximum Gasteiger partial charge on any atom is 0.331 e. The molecule has 0 unspecified atom stereocenters. The minimum absolute atomic E-state index is 0.278. The zero-order valence-electron chi connectivity index (χ0n) is 14.5. The molecule has 0 amide bonds. The molecule has 0 aliphatic rings. The minimum atomic E-state index is -0.294. The van der Waals surface area contributed by atoms with Crippen LogP contribution in [0.2, 0.25) is 0 Å². The molecular weight excluding hydrogens is 330 g/mol. The van der Waals surface area contributed by atoms with E-state index in [9.17, 15) is 9.59 Å². The standard InChI is InChI=1S/C20H19N3O3/c1-22-17-9-10-21-13-16(17)19(24)23(20(22)25)11-5-4-7-15-12-14-6-2-3-8-18(14)26-15/h2-3,6,8-10,12-13H,4-5,7,11H2,1H3. The second kappa shape index (κ2) is 6.63. The Morgan fingerprint density at radius 1 is 1.12 bits per heavy atom. The molecule has 6 nitrogen and oxygen atoms in total. The molecule has 3 aromatic heterocycles. The van der Waals surface area contributed by atoms with Gasteiger partial charge < -0.3 is 4.42 Å². The van der Waals surface area contributed by atoms with E-state index in [1.807, 2.05) is 30.3 Å². The fourth-order valence-corrected chi connectivity index (χ4v) is 3.29. The summed E-state index contributed by atoms with van der Waals surface area (Å²) in [6, 6.07) is 11.6. The molecule has 4 rings (SSSR count). The Kier molecular flexibility index (Phi) is 4.16. The highest BCUT2D eigenvalue weighted by molar-refractivity contribution is 5.77. The van der Waals surface area contributed by atoms with Crippen LogP contribution >= 0.6 is 0 Å².